The highest BCUT2D eigenvalue weighted by Gasteiger charge is 2.50. The van der Waals surface area contributed by atoms with Gasteiger partial charge in [0.05, 0.1) is 4.92 Å². The number of anilines is 1. The lowest BCUT2D eigenvalue weighted by molar-refractivity contribution is -0.384. The molecule has 2 unspecified atom stereocenters. The maximum absolute atomic E-state index is 11.9. The molecule has 2 aliphatic rings. The third-order valence-electron chi connectivity index (χ3n) is 4.03. The van der Waals surface area contributed by atoms with Gasteiger partial charge in [-0.25, -0.2) is 0 Å². The fraction of sp³-hybridized carbons (Fsp3) is 0.385. The van der Waals surface area contributed by atoms with Crippen molar-refractivity contribution in [1.29, 1.82) is 0 Å². The van der Waals surface area contributed by atoms with E-state index in [2.05, 4.69) is 0 Å². The number of benzene rings is 1. The standard InChI is InChI=1S/C13H13N3O4/c1-7(17)15-11-4-3-8(16(19)20)5-9(11)10-6-12(18)14(2)13(10)15/h3-5,10,13H,6H2,1-2H3. The lowest BCUT2D eigenvalue weighted by atomic mass is 9.98. The molecule has 104 valence electrons. The highest BCUT2D eigenvalue weighted by atomic mass is 16.6. The summed E-state index contributed by atoms with van der Waals surface area (Å²) in [5, 5.41) is 10.9. The first-order valence-corrected chi connectivity index (χ1v) is 6.25. The minimum absolute atomic E-state index is 0.0186. The van der Waals surface area contributed by atoms with Crippen molar-refractivity contribution in [1.82, 2.24) is 4.90 Å². The number of amides is 2. The number of nitro groups is 1. The van der Waals surface area contributed by atoms with Gasteiger partial charge in [0.15, 0.2) is 0 Å². The Labute approximate surface area is 114 Å². The summed E-state index contributed by atoms with van der Waals surface area (Å²) >= 11 is 0. The molecule has 0 N–H and O–H groups in total. The number of fused-ring (bicyclic) bond motifs is 3. The monoisotopic (exact) mass is 275 g/mol. The van der Waals surface area contributed by atoms with Crippen LogP contribution in [-0.2, 0) is 9.59 Å². The van der Waals surface area contributed by atoms with Crippen LogP contribution in [0.15, 0.2) is 18.2 Å². The number of rotatable bonds is 1. The van der Waals surface area contributed by atoms with Gasteiger partial charge >= 0.3 is 0 Å². The summed E-state index contributed by atoms with van der Waals surface area (Å²) in [5.74, 6) is -0.413. The molecule has 1 fully saturated rings. The Hall–Kier alpha value is -2.44. The zero-order chi connectivity index (χ0) is 14.6. The Morgan fingerprint density at radius 2 is 2.15 bits per heavy atom. The van der Waals surface area contributed by atoms with Crippen molar-refractivity contribution in [3.05, 3.63) is 33.9 Å². The van der Waals surface area contributed by atoms with E-state index in [1.165, 1.54) is 24.0 Å². The van der Waals surface area contributed by atoms with Crippen molar-refractivity contribution >= 4 is 23.2 Å². The van der Waals surface area contributed by atoms with Crippen LogP contribution in [-0.4, -0.2) is 34.9 Å². The molecule has 2 aliphatic heterocycles. The number of carbonyl (C=O) groups is 2. The van der Waals surface area contributed by atoms with Gasteiger partial charge in [0, 0.05) is 44.1 Å². The quantitative estimate of drug-likeness (QED) is 0.570. The fourth-order valence-electron chi connectivity index (χ4n) is 3.15. The summed E-state index contributed by atoms with van der Waals surface area (Å²) in [6.07, 6.45) is -0.0870. The number of nitrogens with zero attached hydrogens (tertiary/aromatic N) is 3. The van der Waals surface area contributed by atoms with Gasteiger partial charge in [-0.2, -0.15) is 0 Å². The van der Waals surface area contributed by atoms with Crippen LogP contribution < -0.4 is 4.90 Å². The summed E-state index contributed by atoms with van der Waals surface area (Å²) < 4.78 is 0. The summed E-state index contributed by atoms with van der Waals surface area (Å²) in [5.41, 5.74) is 1.35. The highest BCUT2D eigenvalue weighted by Crippen LogP contribution is 2.48. The normalized spacial score (nSPS) is 23.8. The molecule has 0 bridgehead atoms. The van der Waals surface area contributed by atoms with E-state index in [1.807, 2.05) is 0 Å². The SMILES string of the molecule is CC(=O)N1c2ccc([N+](=O)[O-])cc2C2CC(=O)N(C)C21. The second-order valence-corrected chi connectivity index (χ2v) is 5.12. The largest absolute Gasteiger partial charge is 0.324 e. The number of carbonyl (C=O) groups excluding carboxylic acids is 2. The van der Waals surface area contributed by atoms with Gasteiger partial charge in [0.1, 0.15) is 6.17 Å². The molecule has 2 heterocycles. The van der Waals surface area contributed by atoms with E-state index in [-0.39, 0.29) is 36.0 Å². The lowest BCUT2D eigenvalue weighted by Gasteiger charge is -2.29. The van der Waals surface area contributed by atoms with Crippen LogP contribution in [0.4, 0.5) is 11.4 Å². The molecule has 0 aliphatic carbocycles. The van der Waals surface area contributed by atoms with Crippen molar-refractivity contribution in [3.8, 4) is 0 Å². The lowest BCUT2D eigenvalue weighted by Crippen LogP contribution is -2.45. The van der Waals surface area contributed by atoms with Crippen molar-refractivity contribution in [2.75, 3.05) is 11.9 Å². The number of likely N-dealkylation sites (N-methyl/N-ethyl adjacent to an activating group) is 1. The van der Waals surface area contributed by atoms with Crippen LogP contribution in [0.5, 0.6) is 0 Å². The van der Waals surface area contributed by atoms with E-state index in [0.717, 1.165) is 0 Å². The van der Waals surface area contributed by atoms with Gasteiger partial charge < -0.3 is 4.90 Å². The van der Waals surface area contributed by atoms with E-state index in [1.54, 1.807) is 18.0 Å². The van der Waals surface area contributed by atoms with E-state index >= 15 is 0 Å². The van der Waals surface area contributed by atoms with E-state index < -0.39 is 4.92 Å². The molecule has 0 spiro atoms. The van der Waals surface area contributed by atoms with Gasteiger partial charge in [-0.05, 0) is 11.6 Å². The zero-order valence-corrected chi connectivity index (χ0v) is 11.1. The van der Waals surface area contributed by atoms with Crippen LogP contribution >= 0.6 is 0 Å². The average molecular weight is 275 g/mol. The maximum atomic E-state index is 11.9. The number of hydrogen-bond acceptors (Lipinski definition) is 4. The molecule has 1 saturated heterocycles. The molecule has 7 nitrogen and oxygen atoms in total. The van der Waals surface area contributed by atoms with Crippen LogP contribution in [0.2, 0.25) is 0 Å². The Kier molecular flexibility index (Phi) is 2.53. The van der Waals surface area contributed by atoms with Crippen LogP contribution in [0.3, 0.4) is 0 Å². The summed E-state index contributed by atoms with van der Waals surface area (Å²) in [7, 11) is 1.66. The molecule has 1 aromatic carbocycles. The zero-order valence-electron chi connectivity index (χ0n) is 11.1. The Balaban J connectivity index is 2.16. The van der Waals surface area contributed by atoms with Gasteiger partial charge in [-0.15, -0.1) is 0 Å². The molecule has 2 atom stereocenters. The fourth-order valence-corrected chi connectivity index (χ4v) is 3.15. The topological polar surface area (TPSA) is 83.8 Å². The molecule has 7 heteroatoms. The van der Waals surface area contributed by atoms with Crippen molar-refractivity contribution in [3.63, 3.8) is 0 Å². The first-order valence-electron chi connectivity index (χ1n) is 6.25. The Morgan fingerprint density at radius 3 is 2.75 bits per heavy atom. The highest BCUT2D eigenvalue weighted by molar-refractivity contribution is 5.98. The molecule has 3 rings (SSSR count). The Morgan fingerprint density at radius 1 is 1.45 bits per heavy atom. The van der Waals surface area contributed by atoms with Crippen LogP contribution in [0, 0.1) is 10.1 Å². The van der Waals surface area contributed by atoms with Crippen molar-refractivity contribution < 1.29 is 14.5 Å². The number of nitro benzene ring substituents is 1. The second kappa shape index (κ2) is 4.03. The minimum atomic E-state index is -0.466. The first kappa shape index (κ1) is 12.6. The molecule has 1 aromatic rings. The van der Waals surface area contributed by atoms with Gasteiger partial charge in [-0.1, -0.05) is 0 Å². The number of hydrogen-bond donors (Lipinski definition) is 0. The van der Waals surface area contributed by atoms with Crippen molar-refractivity contribution in [2.24, 2.45) is 0 Å². The van der Waals surface area contributed by atoms with Gasteiger partial charge in [-0.3, -0.25) is 24.6 Å². The van der Waals surface area contributed by atoms with Crippen LogP contribution in [0.1, 0.15) is 24.8 Å². The molecule has 0 radical (unpaired) electrons. The maximum Gasteiger partial charge on any atom is 0.269 e. The molecular weight excluding hydrogens is 262 g/mol. The first-order chi connectivity index (χ1) is 9.41. The third kappa shape index (κ3) is 1.52. The molecule has 0 saturated carbocycles. The average Bonchev–Trinajstić information content (AvgIpc) is 2.85. The summed E-state index contributed by atoms with van der Waals surface area (Å²) in [6.45, 7) is 1.43. The second-order valence-electron chi connectivity index (χ2n) is 5.12. The van der Waals surface area contributed by atoms with Gasteiger partial charge in [0.25, 0.3) is 5.69 Å². The Bertz CT molecular complexity index is 643. The van der Waals surface area contributed by atoms with Crippen LogP contribution in [0.25, 0.3) is 0 Å². The minimum Gasteiger partial charge on any atom is -0.324 e. The van der Waals surface area contributed by atoms with E-state index in [0.29, 0.717) is 11.3 Å². The summed E-state index contributed by atoms with van der Waals surface area (Å²) in [4.78, 5) is 37.2. The van der Waals surface area contributed by atoms with Crippen molar-refractivity contribution in [2.45, 2.75) is 25.4 Å². The smallest absolute Gasteiger partial charge is 0.269 e. The number of non-ortho nitro benzene ring substituents is 1. The molecular formula is C13H13N3O4. The summed E-state index contributed by atoms with van der Waals surface area (Å²) in [6, 6.07) is 4.45. The van der Waals surface area contributed by atoms with Gasteiger partial charge in [0.2, 0.25) is 11.8 Å². The predicted octanol–water partition coefficient (Wildman–Crippen LogP) is 1.23. The van der Waals surface area contributed by atoms with E-state index in [9.17, 15) is 19.7 Å². The molecule has 0 aromatic heterocycles. The third-order valence-corrected chi connectivity index (χ3v) is 4.03. The molecule has 2 amide bonds. The number of likely N-dealkylation sites (tertiary alicyclic amines) is 1. The molecule has 20 heavy (non-hydrogen) atoms. The van der Waals surface area contributed by atoms with E-state index in [4.69, 9.17) is 0 Å². The predicted molar refractivity (Wildman–Crippen MR) is 70.2 cm³/mol.